The van der Waals surface area contributed by atoms with Gasteiger partial charge >= 0.3 is 0 Å². The molecule has 27 heavy (non-hydrogen) atoms. The molecule has 0 spiro atoms. The minimum Gasteiger partial charge on any atom is -0.504 e. The molecule has 2 aliphatic rings. The summed E-state index contributed by atoms with van der Waals surface area (Å²) in [5.41, 5.74) is 1.85. The Morgan fingerprint density at radius 3 is 2.96 bits per heavy atom. The highest BCUT2D eigenvalue weighted by Gasteiger charge is 2.29. The number of benzene rings is 1. The Morgan fingerprint density at radius 1 is 1.33 bits per heavy atom. The van der Waals surface area contributed by atoms with E-state index in [-0.39, 0.29) is 6.04 Å². The Labute approximate surface area is 160 Å². The van der Waals surface area contributed by atoms with Crippen LogP contribution in [-0.2, 0) is 4.74 Å². The van der Waals surface area contributed by atoms with E-state index in [1.165, 1.54) is 6.07 Å². The molecule has 1 fully saturated rings. The van der Waals surface area contributed by atoms with Crippen molar-refractivity contribution >= 4 is 33.5 Å². The van der Waals surface area contributed by atoms with Gasteiger partial charge in [-0.2, -0.15) is 0 Å². The number of nitrogens with two attached hydrogens (primary N) is 1. The molecule has 5 nitrogen and oxygen atoms in total. The average molecular weight is 391 g/mol. The second-order valence-electron chi connectivity index (χ2n) is 6.64. The Morgan fingerprint density at radius 2 is 2.15 bits per heavy atom. The minimum absolute atomic E-state index is 0.241. The largest absolute Gasteiger partial charge is 0.504 e. The smallest absolute Gasteiger partial charge is 0.161 e. The Balaban J connectivity index is 1.77. The van der Waals surface area contributed by atoms with Gasteiger partial charge < -0.3 is 20.3 Å². The van der Waals surface area contributed by atoms with Crippen LogP contribution in [0.5, 0.6) is 0 Å². The summed E-state index contributed by atoms with van der Waals surface area (Å²) in [5, 5.41) is 6.39. The number of fused-ring (bicyclic) bond motifs is 2. The van der Waals surface area contributed by atoms with Crippen LogP contribution in [0.15, 0.2) is 35.5 Å². The molecule has 0 radical (unpaired) electrons. The number of anilines is 2. The van der Waals surface area contributed by atoms with Crippen LogP contribution in [0.4, 0.5) is 25.2 Å². The van der Waals surface area contributed by atoms with E-state index in [1.807, 2.05) is 13.0 Å². The summed E-state index contributed by atoms with van der Waals surface area (Å²) in [5.74, 6) is -0.990. The fourth-order valence-corrected chi connectivity index (χ4v) is 4.34. The molecule has 8 heteroatoms. The van der Waals surface area contributed by atoms with E-state index in [2.05, 4.69) is 21.6 Å². The molecular formula is C19H21F2N4OS+. The maximum atomic E-state index is 13.8. The van der Waals surface area contributed by atoms with Crippen molar-refractivity contribution in [1.29, 1.82) is 0 Å². The predicted molar refractivity (Wildman–Crippen MR) is 103 cm³/mol. The first-order valence-corrected chi connectivity index (χ1v) is 9.60. The van der Waals surface area contributed by atoms with E-state index in [4.69, 9.17) is 9.73 Å². The van der Waals surface area contributed by atoms with Gasteiger partial charge in [0, 0.05) is 23.1 Å². The number of amidine groups is 1. The fraction of sp³-hybridized carbons (Fsp3) is 0.316. The standard InChI is InChI=1S/C19H20F2N4OS/c1-11-7-13-18(25-5-4-22-12(10-25)3-6-26-2)23-16-8-14(20)15(21)9-17(16)24-19(13)27-11/h3,6-9,12,22,24H,4-5,10H2,1-2H3/p+1/b6-3+/t12-/m0/s1. The minimum atomic E-state index is -0.895. The summed E-state index contributed by atoms with van der Waals surface area (Å²) < 4.78 is 32.6. The number of halogens is 2. The molecule has 3 heterocycles. The lowest BCUT2D eigenvalue weighted by Crippen LogP contribution is -2.95. The first-order valence-electron chi connectivity index (χ1n) is 8.78. The molecule has 3 N–H and O–H groups in total. The van der Waals surface area contributed by atoms with Gasteiger partial charge in [-0.15, -0.1) is 11.3 Å². The van der Waals surface area contributed by atoms with Gasteiger partial charge in [0.2, 0.25) is 0 Å². The van der Waals surface area contributed by atoms with Gasteiger partial charge in [-0.25, -0.2) is 13.8 Å². The molecule has 4 rings (SSSR count). The maximum Gasteiger partial charge on any atom is 0.161 e. The molecule has 0 unspecified atom stereocenters. The molecule has 1 aromatic carbocycles. The zero-order chi connectivity index (χ0) is 19.0. The highest BCUT2D eigenvalue weighted by atomic mass is 32.1. The third-order valence-corrected chi connectivity index (χ3v) is 5.64. The lowest BCUT2D eigenvalue weighted by molar-refractivity contribution is -0.686. The number of rotatable bonds is 2. The van der Waals surface area contributed by atoms with Crippen LogP contribution < -0.4 is 10.6 Å². The molecule has 1 saturated heterocycles. The van der Waals surface area contributed by atoms with Crippen LogP contribution in [0.2, 0.25) is 0 Å². The number of aryl methyl sites for hydroxylation is 1. The molecule has 2 aromatic rings. The maximum absolute atomic E-state index is 13.8. The van der Waals surface area contributed by atoms with Gasteiger partial charge in [0.25, 0.3) is 0 Å². The summed E-state index contributed by atoms with van der Waals surface area (Å²) in [7, 11) is 1.63. The number of aliphatic imine (C=N–C) groups is 1. The SMILES string of the molecule is CO/C=C/[C@H]1CN(C2=Nc3cc(F)c(F)cc3Nc3sc(C)cc32)CC[NH2+]1. The first kappa shape index (κ1) is 17.9. The number of nitrogens with one attached hydrogen (secondary N) is 1. The summed E-state index contributed by atoms with van der Waals surface area (Å²) in [6.45, 7) is 4.52. The van der Waals surface area contributed by atoms with Crippen molar-refractivity contribution in [3.63, 3.8) is 0 Å². The Hall–Kier alpha value is -2.45. The highest BCUT2D eigenvalue weighted by Crippen LogP contribution is 2.40. The number of thiophene rings is 1. The second kappa shape index (κ2) is 7.28. The zero-order valence-corrected chi connectivity index (χ0v) is 15.9. The topological polar surface area (TPSA) is 53.5 Å². The third-order valence-electron chi connectivity index (χ3n) is 4.67. The van der Waals surface area contributed by atoms with Gasteiger partial charge in [0.05, 0.1) is 49.9 Å². The summed E-state index contributed by atoms with van der Waals surface area (Å²) in [6.07, 6.45) is 3.71. The average Bonchev–Trinajstić information content (AvgIpc) is 2.95. The van der Waals surface area contributed by atoms with E-state index in [0.29, 0.717) is 11.4 Å². The van der Waals surface area contributed by atoms with Crippen LogP contribution in [0.3, 0.4) is 0 Å². The van der Waals surface area contributed by atoms with Crippen molar-refractivity contribution < 1.29 is 18.8 Å². The predicted octanol–water partition coefficient (Wildman–Crippen LogP) is 2.88. The molecule has 142 valence electrons. The number of nitrogens with zero attached hydrogens (tertiary/aromatic N) is 2. The van der Waals surface area contributed by atoms with Crippen molar-refractivity contribution in [3.05, 3.63) is 52.6 Å². The molecule has 0 saturated carbocycles. The fourth-order valence-electron chi connectivity index (χ4n) is 3.42. The van der Waals surface area contributed by atoms with Crippen molar-refractivity contribution in [2.45, 2.75) is 13.0 Å². The van der Waals surface area contributed by atoms with Gasteiger partial charge in [0.1, 0.15) is 16.9 Å². The number of hydrogen-bond acceptors (Lipinski definition) is 5. The molecule has 2 aliphatic heterocycles. The molecular weight excluding hydrogens is 370 g/mol. The zero-order valence-electron chi connectivity index (χ0n) is 15.1. The molecule has 0 amide bonds. The van der Waals surface area contributed by atoms with E-state index >= 15 is 0 Å². The Bertz CT molecular complexity index is 925. The summed E-state index contributed by atoms with van der Waals surface area (Å²) in [4.78, 5) is 8.08. The van der Waals surface area contributed by atoms with Crippen LogP contribution >= 0.6 is 11.3 Å². The van der Waals surface area contributed by atoms with E-state index in [1.54, 1.807) is 24.7 Å². The van der Waals surface area contributed by atoms with E-state index in [9.17, 15) is 8.78 Å². The van der Waals surface area contributed by atoms with Crippen LogP contribution in [-0.4, -0.2) is 43.5 Å². The number of hydrogen-bond donors (Lipinski definition) is 2. The van der Waals surface area contributed by atoms with Gasteiger partial charge in [-0.3, -0.25) is 0 Å². The number of quaternary nitrogens is 1. The second-order valence-corrected chi connectivity index (χ2v) is 7.90. The van der Waals surface area contributed by atoms with Gasteiger partial charge in [-0.05, 0) is 13.0 Å². The van der Waals surface area contributed by atoms with Crippen LogP contribution in [0.1, 0.15) is 10.4 Å². The molecule has 1 aromatic heterocycles. The van der Waals surface area contributed by atoms with Gasteiger partial charge in [0.15, 0.2) is 11.6 Å². The number of methoxy groups -OCH3 is 1. The normalized spacial score (nSPS) is 19.2. The van der Waals surface area contributed by atoms with Crippen molar-refractivity contribution in [2.24, 2.45) is 4.99 Å². The lowest BCUT2D eigenvalue weighted by Gasteiger charge is -2.32. The monoisotopic (exact) mass is 391 g/mol. The molecule has 1 atom stereocenters. The van der Waals surface area contributed by atoms with Crippen LogP contribution in [0.25, 0.3) is 0 Å². The summed E-state index contributed by atoms with van der Waals surface area (Å²) in [6, 6.07) is 4.64. The Kier molecular flexibility index (Phi) is 4.84. The van der Waals surface area contributed by atoms with Crippen LogP contribution in [0, 0.1) is 18.6 Å². The summed E-state index contributed by atoms with van der Waals surface area (Å²) >= 11 is 1.58. The highest BCUT2D eigenvalue weighted by molar-refractivity contribution is 7.16. The van der Waals surface area contributed by atoms with Crippen molar-refractivity contribution in [1.82, 2.24) is 4.90 Å². The van der Waals surface area contributed by atoms with Gasteiger partial charge in [-0.1, -0.05) is 0 Å². The van der Waals surface area contributed by atoms with E-state index < -0.39 is 11.6 Å². The van der Waals surface area contributed by atoms with Crippen molar-refractivity contribution in [2.75, 3.05) is 32.1 Å². The number of ether oxygens (including phenoxy) is 1. The number of piperazine rings is 1. The third kappa shape index (κ3) is 3.54. The lowest BCUT2D eigenvalue weighted by atomic mass is 10.1. The molecule has 0 bridgehead atoms. The quantitative estimate of drug-likeness (QED) is 0.774. The van der Waals surface area contributed by atoms with Crippen molar-refractivity contribution in [3.8, 4) is 0 Å². The first-order chi connectivity index (χ1) is 13.0. The van der Waals surface area contributed by atoms with E-state index in [0.717, 1.165) is 47.0 Å². The molecule has 0 aliphatic carbocycles.